The Morgan fingerprint density at radius 1 is 0.438 bits per heavy atom. The number of nitrogens with zero attached hydrogens (tertiary/aromatic N) is 6. The van der Waals surface area contributed by atoms with Crippen LogP contribution in [0.5, 0.6) is 0 Å². The molecular formula is C72H66F9I3N12O9. The molecule has 3 amide bonds. The average molecular weight is 1800 g/mol. The standard InChI is InChI=1S/3C24H22F3IN4O3/c2*1-23(2)9-18-20(19(34)10-23)21(24(25,26)27)31-32(18)14-4-5-15(22(29)35)17(8-14)30-13-3-6-16(28)12(7-13)11-33;1-23(2)9-18-20(19(34)10-23)21(24(25,26)27)31-32(18)14-5-6-15(22(29)35)17(8-14)30-13-4-3-12(11-33)16(28)7-13/h3*3-8,30,33H,9-11H2,1-2H3,(H2,29,35)/i28+4;28-3;28+4. The van der Waals surface area contributed by atoms with Gasteiger partial charge in [-0.15, -0.1) is 0 Å². The normalized spacial score (nSPS) is 15.1. The molecule has 105 heavy (non-hydrogen) atoms. The van der Waals surface area contributed by atoms with E-state index in [1.807, 2.05) is 41.5 Å². The Kier molecular flexibility index (Phi) is 22.4. The minimum Gasteiger partial charge on any atom is -0.392 e. The third-order valence-corrected chi connectivity index (χ3v) is 20.6. The van der Waals surface area contributed by atoms with Crippen LogP contribution in [-0.2, 0) is 57.6 Å². The van der Waals surface area contributed by atoms with Gasteiger partial charge in [-0.1, -0.05) is 47.6 Å². The number of fused-ring (bicyclic) bond motifs is 3. The van der Waals surface area contributed by atoms with Crippen molar-refractivity contribution in [2.75, 3.05) is 16.0 Å². The molecule has 9 aromatic rings. The molecule has 3 aliphatic carbocycles. The number of alkyl halides is 9. The molecule has 3 aromatic heterocycles. The summed E-state index contributed by atoms with van der Waals surface area (Å²) < 4.78 is 130. The first-order valence-corrected chi connectivity index (χ1v) is 35.1. The Morgan fingerprint density at radius 3 is 1.05 bits per heavy atom. The van der Waals surface area contributed by atoms with Crippen LogP contribution in [0.2, 0.25) is 0 Å². The number of nitrogens with two attached hydrogens (primary N) is 3. The molecular weight excluding hydrogens is 1730 g/mol. The first kappa shape index (κ1) is 78.8. The minimum absolute atomic E-state index is 0.00926. The zero-order valence-electron chi connectivity index (χ0n) is 56.5. The molecule has 0 spiro atoms. The molecule has 0 bridgehead atoms. The van der Waals surface area contributed by atoms with Crippen LogP contribution in [0.25, 0.3) is 17.1 Å². The molecule has 3 heterocycles. The molecule has 33 heteroatoms. The average Bonchev–Trinajstić information content (AvgIpc) is 1.61. The lowest BCUT2D eigenvalue weighted by atomic mass is 9.75. The maximum Gasteiger partial charge on any atom is 0.435 e. The van der Waals surface area contributed by atoms with E-state index in [1.54, 1.807) is 54.6 Å². The number of hydrogen-bond donors (Lipinski definition) is 9. The van der Waals surface area contributed by atoms with E-state index in [0.29, 0.717) is 28.2 Å². The van der Waals surface area contributed by atoms with Gasteiger partial charge in [0.1, 0.15) is 0 Å². The molecule has 6 aromatic carbocycles. The third-order valence-electron chi connectivity index (χ3n) is 17.5. The lowest BCUT2D eigenvalue weighted by molar-refractivity contribution is -0.142. The minimum atomic E-state index is -4.80. The second kappa shape index (κ2) is 29.9. The van der Waals surface area contributed by atoms with Gasteiger partial charge in [0.2, 0.25) is 0 Å². The van der Waals surface area contributed by atoms with Gasteiger partial charge >= 0.3 is 18.5 Å². The first-order chi connectivity index (χ1) is 48.9. The van der Waals surface area contributed by atoms with Crippen molar-refractivity contribution in [3.63, 3.8) is 0 Å². The number of rotatable bonds is 15. The van der Waals surface area contributed by atoms with Crippen LogP contribution >= 0.6 is 67.8 Å². The van der Waals surface area contributed by atoms with Crippen molar-refractivity contribution >= 4 is 137 Å². The van der Waals surface area contributed by atoms with E-state index < -0.39 is 104 Å². The predicted octanol–water partition coefficient (Wildman–Crippen LogP) is 15.0. The monoisotopic (exact) mass is 1800 g/mol. The fourth-order valence-corrected chi connectivity index (χ4v) is 14.5. The third kappa shape index (κ3) is 17.2. The van der Waals surface area contributed by atoms with Crippen LogP contribution < -0.4 is 33.2 Å². The van der Waals surface area contributed by atoms with Crippen molar-refractivity contribution in [1.29, 1.82) is 0 Å². The number of aliphatic hydroxyl groups excluding tert-OH is 3. The molecule has 0 aliphatic heterocycles. The van der Waals surface area contributed by atoms with Gasteiger partial charge in [-0.2, -0.15) is 54.8 Å². The second-order valence-corrected chi connectivity index (χ2v) is 31.1. The molecule has 552 valence electrons. The number of amides is 3. The summed E-state index contributed by atoms with van der Waals surface area (Å²) in [6.45, 7) is 10.4. The fourth-order valence-electron chi connectivity index (χ4n) is 12.8. The van der Waals surface area contributed by atoms with E-state index in [1.165, 1.54) is 54.6 Å². The molecule has 0 fully saturated rings. The number of aliphatic hydroxyl groups is 3. The van der Waals surface area contributed by atoms with Crippen molar-refractivity contribution in [2.45, 2.75) is 118 Å². The number of carbonyl (C=O) groups is 6. The summed E-state index contributed by atoms with van der Waals surface area (Å²) in [5.74, 6) is -3.99. The highest BCUT2D eigenvalue weighted by atomic mass is 131. The Hall–Kier alpha value is -8.79. The summed E-state index contributed by atoms with van der Waals surface area (Å²) >= 11 is 6.22. The second-order valence-electron chi connectivity index (χ2n) is 27.6. The van der Waals surface area contributed by atoms with Crippen LogP contribution in [0.3, 0.4) is 0 Å². The lowest BCUT2D eigenvalue weighted by Gasteiger charge is -2.29. The molecule has 0 atom stereocenters. The van der Waals surface area contributed by atoms with E-state index in [2.05, 4.69) is 99.0 Å². The number of ketones is 3. The number of benzene rings is 6. The van der Waals surface area contributed by atoms with Crippen LogP contribution in [0.15, 0.2) is 109 Å². The summed E-state index contributed by atoms with van der Waals surface area (Å²) in [5.41, 5.74) is 16.2. The van der Waals surface area contributed by atoms with Gasteiger partial charge < -0.3 is 48.5 Å². The maximum atomic E-state index is 13.8. The Morgan fingerprint density at radius 2 is 0.743 bits per heavy atom. The van der Waals surface area contributed by atoms with Crippen LogP contribution in [-0.4, -0.2) is 79.7 Å². The zero-order chi connectivity index (χ0) is 77.1. The van der Waals surface area contributed by atoms with Gasteiger partial charge in [-0.3, -0.25) is 28.8 Å². The van der Waals surface area contributed by atoms with Gasteiger partial charge in [-0.25, -0.2) is 14.0 Å². The van der Waals surface area contributed by atoms with Crippen molar-refractivity contribution < 1.29 is 83.6 Å². The highest BCUT2D eigenvalue weighted by Crippen LogP contribution is 2.46. The van der Waals surface area contributed by atoms with E-state index in [-0.39, 0.29) is 126 Å². The van der Waals surface area contributed by atoms with Crippen LogP contribution in [0, 0.1) is 27.0 Å². The number of halogens is 12. The van der Waals surface area contributed by atoms with Gasteiger partial charge in [0, 0.05) is 47.0 Å². The van der Waals surface area contributed by atoms with Gasteiger partial charge in [0.25, 0.3) is 17.7 Å². The zero-order valence-corrected chi connectivity index (χ0v) is 63.0. The van der Waals surface area contributed by atoms with Crippen LogP contribution in [0.1, 0.15) is 174 Å². The summed E-state index contributed by atoms with van der Waals surface area (Å²) in [7, 11) is 0. The molecule has 12 N–H and O–H groups in total. The first-order valence-electron chi connectivity index (χ1n) is 31.9. The van der Waals surface area contributed by atoms with E-state index in [0.717, 1.165) is 30.3 Å². The summed E-state index contributed by atoms with van der Waals surface area (Å²) in [5, 5.41) is 49.1. The lowest BCUT2D eigenvalue weighted by Crippen LogP contribution is -2.29. The number of hydrogen-bond acceptors (Lipinski definition) is 15. The highest BCUT2D eigenvalue weighted by molar-refractivity contribution is 14.1. The number of nitrogens with one attached hydrogen (secondary N) is 3. The predicted molar refractivity (Wildman–Crippen MR) is 396 cm³/mol. The smallest absolute Gasteiger partial charge is 0.392 e. The molecule has 0 radical (unpaired) electrons. The van der Waals surface area contributed by atoms with E-state index >= 15 is 0 Å². The number of primary amides is 3. The fraction of sp³-hybridized carbons (Fsp3) is 0.292. The van der Waals surface area contributed by atoms with Gasteiger partial charge in [0.05, 0.1) is 104 Å². The summed E-state index contributed by atoms with van der Waals surface area (Å²) in [6.07, 6.45) is -13.8. The number of anilines is 6. The van der Waals surface area contributed by atoms with Gasteiger partial charge in [-0.05, 0) is 223 Å². The van der Waals surface area contributed by atoms with Gasteiger partial charge in [0.15, 0.2) is 34.4 Å². The largest absolute Gasteiger partial charge is 0.435 e. The van der Waals surface area contributed by atoms with E-state index in [4.69, 9.17) is 17.2 Å². The topological polar surface area (TPSA) is 331 Å². The van der Waals surface area contributed by atoms with E-state index in [9.17, 15) is 83.6 Å². The number of carbonyl (C=O) groups excluding carboxylic acids is 6. The SMILES string of the molecule is CC1(C)CC(=O)c2c(C(F)(F)F)nn(-c3ccc(C(N)=O)c(Nc4ccc(CO)c([131I])c4)c3)c2C1.CC1(C)CC(=O)c2c(C(F)(F)F)nn(-c3ccc(C(N)=O)c(Nc4ccc([124I])c(CO)c4)c3)c2C1.CC1(C)CC(=O)c2c(C(F)(F)F)nn(-c3ccc(C(N)=O)c(Nc4ccc([131I])c(CO)c4)c3)c2C1. The molecule has 3 aliphatic rings. The summed E-state index contributed by atoms with van der Waals surface area (Å²) in [4.78, 5) is 74.3. The summed E-state index contributed by atoms with van der Waals surface area (Å²) in [6, 6.07) is 28.5. The van der Waals surface area contributed by atoms with Crippen molar-refractivity contribution in [2.24, 2.45) is 33.4 Å². The molecule has 0 unspecified atom stereocenters. The maximum absolute atomic E-state index is 13.8. The molecule has 0 saturated heterocycles. The molecule has 12 rings (SSSR count). The van der Waals surface area contributed by atoms with Crippen molar-refractivity contribution in [3.05, 3.63) is 204 Å². The number of aromatic nitrogens is 6. The molecule has 0 saturated carbocycles. The quantitative estimate of drug-likeness (QED) is 0.0340. The number of Topliss-reactive ketones (excluding diaryl/α,β-unsaturated/α-hetero) is 3. The highest BCUT2D eigenvalue weighted by Gasteiger charge is 2.49. The Balaban J connectivity index is 0.000000169. The molecule has 21 nitrogen and oxygen atoms in total. The van der Waals surface area contributed by atoms with Crippen molar-refractivity contribution in [3.8, 4) is 17.1 Å². The Bertz CT molecular complexity index is 4820. The Labute approximate surface area is 634 Å². The van der Waals surface area contributed by atoms with Crippen molar-refractivity contribution in [1.82, 2.24) is 29.3 Å². The van der Waals surface area contributed by atoms with Crippen LogP contribution in [0.4, 0.5) is 73.6 Å².